The van der Waals surface area contributed by atoms with Crippen molar-refractivity contribution in [3.05, 3.63) is 0 Å². The summed E-state index contributed by atoms with van der Waals surface area (Å²) in [6.07, 6.45) is 4.49. The van der Waals surface area contributed by atoms with Gasteiger partial charge < -0.3 is 10.2 Å². The summed E-state index contributed by atoms with van der Waals surface area (Å²) >= 11 is 0. The highest BCUT2D eigenvalue weighted by molar-refractivity contribution is 5.88. The van der Waals surface area contributed by atoms with E-state index < -0.39 is 0 Å². The fourth-order valence-corrected chi connectivity index (χ4v) is 2.50. The second-order valence-corrected chi connectivity index (χ2v) is 4.10. The molecule has 2 aliphatic rings. The molecule has 0 aliphatic carbocycles. The third-order valence-electron chi connectivity index (χ3n) is 3.38. The van der Waals surface area contributed by atoms with E-state index in [-0.39, 0.29) is 5.54 Å². The van der Waals surface area contributed by atoms with Crippen LogP contribution in [0.15, 0.2) is 0 Å². The van der Waals surface area contributed by atoms with Crippen molar-refractivity contribution in [2.75, 3.05) is 19.6 Å². The number of carbonyl (C=O) groups is 1. The molecule has 3 heteroatoms. The van der Waals surface area contributed by atoms with Crippen LogP contribution in [0.5, 0.6) is 0 Å². The summed E-state index contributed by atoms with van der Waals surface area (Å²) in [4.78, 5) is 13.9. The molecular weight excluding hydrogens is 164 g/mol. The van der Waals surface area contributed by atoms with Crippen LogP contribution in [-0.4, -0.2) is 36.0 Å². The first-order valence-corrected chi connectivity index (χ1v) is 5.33. The second-order valence-electron chi connectivity index (χ2n) is 4.10. The molecule has 0 radical (unpaired) electrons. The number of carbonyl (C=O) groups excluding carboxylic acids is 1. The van der Waals surface area contributed by atoms with Gasteiger partial charge in [0.15, 0.2) is 0 Å². The van der Waals surface area contributed by atoms with Crippen molar-refractivity contribution in [2.24, 2.45) is 0 Å². The first-order chi connectivity index (χ1) is 6.28. The molecule has 1 N–H and O–H groups in total. The Labute approximate surface area is 79.5 Å². The number of hydrogen-bond donors (Lipinski definition) is 1. The Morgan fingerprint density at radius 1 is 1.46 bits per heavy atom. The van der Waals surface area contributed by atoms with Crippen LogP contribution in [0.25, 0.3) is 0 Å². The second kappa shape index (κ2) is 3.29. The monoisotopic (exact) mass is 182 g/mol. The van der Waals surface area contributed by atoms with Crippen molar-refractivity contribution in [2.45, 2.75) is 38.1 Å². The van der Waals surface area contributed by atoms with E-state index in [9.17, 15) is 4.79 Å². The van der Waals surface area contributed by atoms with E-state index in [0.29, 0.717) is 5.91 Å². The fraction of sp³-hybridized carbons (Fsp3) is 0.900. The standard InChI is InChI=1S/C10H18N2O/c1-2-12-8-6-10(9(12)13)5-3-4-7-11-10/h11H,2-8H2,1H3. The van der Waals surface area contributed by atoms with Crippen LogP contribution >= 0.6 is 0 Å². The molecule has 0 aromatic heterocycles. The average molecular weight is 182 g/mol. The Hall–Kier alpha value is -0.570. The van der Waals surface area contributed by atoms with Crippen LogP contribution in [0.4, 0.5) is 0 Å². The van der Waals surface area contributed by atoms with Crippen molar-refractivity contribution in [1.29, 1.82) is 0 Å². The number of amides is 1. The highest BCUT2D eigenvalue weighted by Gasteiger charge is 2.46. The van der Waals surface area contributed by atoms with Gasteiger partial charge in [-0.1, -0.05) is 0 Å². The molecule has 0 bridgehead atoms. The maximum atomic E-state index is 12.0. The van der Waals surface area contributed by atoms with Crippen LogP contribution in [0, 0.1) is 0 Å². The van der Waals surface area contributed by atoms with Crippen LogP contribution in [0.3, 0.4) is 0 Å². The molecule has 0 saturated carbocycles. The third kappa shape index (κ3) is 1.35. The SMILES string of the molecule is CCN1CCC2(CCCCN2)C1=O. The molecule has 74 valence electrons. The molecule has 0 aromatic rings. The van der Waals surface area contributed by atoms with Crippen LogP contribution in [0.1, 0.15) is 32.6 Å². The molecule has 2 fully saturated rings. The molecule has 1 spiro atoms. The van der Waals surface area contributed by atoms with E-state index in [2.05, 4.69) is 12.2 Å². The minimum absolute atomic E-state index is 0.158. The lowest BCUT2D eigenvalue weighted by Gasteiger charge is -2.32. The topological polar surface area (TPSA) is 32.3 Å². The van der Waals surface area contributed by atoms with E-state index in [1.54, 1.807) is 0 Å². The highest BCUT2D eigenvalue weighted by atomic mass is 16.2. The van der Waals surface area contributed by atoms with E-state index in [4.69, 9.17) is 0 Å². The number of likely N-dealkylation sites (tertiary alicyclic amines) is 1. The van der Waals surface area contributed by atoms with Crippen molar-refractivity contribution in [3.63, 3.8) is 0 Å². The van der Waals surface area contributed by atoms with Gasteiger partial charge in [0.1, 0.15) is 0 Å². The van der Waals surface area contributed by atoms with Gasteiger partial charge in [-0.2, -0.15) is 0 Å². The van der Waals surface area contributed by atoms with Crippen LogP contribution in [-0.2, 0) is 4.79 Å². The Morgan fingerprint density at radius 2 is 2.31 bits per heavy atom. The number of piperidine rings is 1. The number of rotatable bonds is 1. The van der Waals surface area contributed by atoms with E-state index in [1.807, 2.05) is 4.90 Å². The van der Waals surface area contributed by atoms with Gasteiger partial charge in [-0.25, -0.2) is 0 Å². The summed E-state index contributed by atoms with van der Waals surface area (Å²) in [7, 11) is 0. The molecule has 1 unspecified atom stereocenters. The van der Waals surface area contributed by atoms with E-state index in [0.717, 1.165) is 32.5 Å². The lowest BCUT2D eigenvalue weighted by molar-refractivity contribution is -0.133. The van der Waals surface area contributed by atoms with Crippen LogP contribution in [0.2, 0.25) is 0 Å². The van der Waals surface area contributed by atoms with Crippen LogP contribution < -0.4 is 5.32 Å². The molecule has 3 nitrogen and oxygen atoms in total. The fourth-order valence-electron chi connectivity index (χ4n) is 2.50. The summed E-state index contributed by atoms with van der Waals surface area (Å²) < 4.78 is 0. The van der Waals surface area contributed by atoms with Gasteiger partial charge in [-0.05, 0) is 39.2 Å². The number of hydrogen-bond acceptors (Lipinski definition) is 2. The third-order valence-corrected chi connectivity index (χ3v) is 3.38. The molecule has 2 heterocycles. The van der Waals surface area contributed by atoms with Gasteiger partial charge in [0, 0.05) is 13.1 Å². The van der Waals surface area contributed by atoms with Crippen molar-refractivity contribution in [1.82, 2.24) is 10.2 Å². The summed E-state index contributed by atoms with van der Waals surface area (Å²) in [6, 6.07) is 0. The maximum Gasteiger partial charge on any atom is 0.242 e. The molecule has 1 atom stereocenters. The summed E-state index contributed by atoms with van der Waals surface area (Å²) in [5, 5.41) is 3.42. The summed E-state index contributed by atoms with van der Waals surface area (Å²) in [5.74, 6) is 0.342. The van der Waals surface area contributed by atoms with Gasteiger partial charge in [0.25, 0.3) is 0 Å². The summed E-state index contributed by atoms with van der Waals surface area (Å²) in [6.45, 7) is 4.88. The Kier molecular flexibility index (Phi) is 2.28. The quantitative estimate of drug-likeness (QED) is 0.649. The van der Waals surface area contributed by atoms with Gasteiger partial charge in [-0.15, -0.1) is 0 Å². The van der Waals surface area contributed by atoms with Gasteiger partial charge in [-0.3, -0.25) is 4.79 Å². The maximum absolute atomic E-state index is 12.0. The lowest BCUT2D eigenvalue weighted by Crippen LogP contribution is -2.54. The predicted molar refractivity (Wildman–Crippen MR) is 51.5 cm³/mol. The minimum Gasteiger partial charge on any atom is -0.341 e. The van der Waals surface area contributed by atoms with Gasteiger partial charge >= 0.3 is 0 Å². The van der Waals surface area contributed by atoms with Gasteiger partial charge in [0.2, 0.25) is 5.91 Å². The van der Waals surface area contributed by atoms with E-state index in [1.165, 1.54) is 12.8 Å². The molecule has 2 saturated heterocycles. The Bertz CT molecular complexity index is 209. The number of nitrogens with one attached hydrogen (secondary N) is 1. The average Bonchev–Trinajstić information content (AvgIpc) is 2.47. The molecule has 13 heavy (non-hydrogen) atoms. The number of likely N-dealkylation sites (N-methyl/N-ethyl adjacent to an activating group) is 1. The normalized spacial score (nSPS) is 34.5. The zero-order valence-corrected chi connectivity index (χ0v) is 8.31. The molecule has 1 amide bonds. The number of nitrogens with zero attached hydrogens (tertiary/aromatic N) is 1. The molecule has 2 aliphatic heterocycles. The minimum atomic E-state index is -0.158. The zero-order chi connectivity index (χ0) is 9.31. The first kappa shape index (κ1) is 9.00. The van der Waals surface area contributed by atoms with Crippen molar-refractivity contribution >= 4 is 5.91 Å². The highest BCUT2D eigenvalue weighted by Crippen LogP contribution is 2.30. The van der Waals surface area contributed by atoms with Crippen molar-refractivity contribution < 1.29 is 4.79 Å². The molecular formula is C10H18N2O. The zero-order valence-electron chi connectivity index (χ0n) is 8.31. The summed E-state index contributed by atoms with van der Waals surface area (Å²) in [5.41, 5.74) is -0.158. The molecule has 2 rings (SSSR count). The molecule has 0 aromatic carbocycles. The largest absolute Gasteiger partial charge is 0.341 e. The Balaban J connectivity index is 2.10. The predicted octanol–water partition coefficient (Wildman–Crippen LogP) is 0.751. The van der Waals surface area contributed by atoms with E-state index >= 15 is 0 Å². The Morgan fingerprint density at radius 3 is 2.85 bits per heavy atom. The first-order valence-electron chi connectivity index (χ1n) is 5.33. The van der Waals surface area contributed by atoms with Crippen molar-refractivity contribution in [3.8, 4) is 0 Å². The lowest BCUT2D eigenvalue weighted by atomic mass is 9.87. The van der Waals surface area contributed by atoms with Gasteiger partial charge in [0.05, 0.1) is 5.54 Å². The smallest absolute Gasteiger partial charge is 0.242 e.